The molecule has 0 saturated carbocycles. The lowest BCUT2D eigenvalue weighted by atomic mass is 10.1. The Kier molecular flexibility index (Phi) is 9.42. The number of hydrogen-bond acceptors (Lipinski definition) is 6. The van der Waals surface area contributed by atoms with Gasteiger partial charge in [0.1, 0.15) is 6.54 Å². The number of nitrogens with one attached hydrogen (secondary N) is 2. The van der Waals surface area contributed by atoms with Crippen LogP contribution in [0.2, 0.25) is 5.02 Å². The molecule has 0 unspecified atom stereocenters. The van der Waals surface area contributed by atoms with E-state index in [1.807, 2.05) is 32.8 Å². The predicted octanol–water partition coefficient (Wildman–Crippen LogP) is 2.51. The molecule has 0 aliphatic carbocycles. The van der Waals surface area contributed by atoms with Crippen LogP contribution >= 0.6 is 22.9 Å². The number of thiazole rings is 1. The number of likely N-dealkylation sites (N-methyl/N-ethyl adjacent to an activating group) is 1. The molecule has 2 N–H and O–H groups in total. The van der Waals surface area contributed by atoms with Crippen molar-refractivity contribution in [3.63, 3.8) is 0 Å². The number of nitrogens with zero attached hydrogens (tertiary/aromatic N) is 3. The summed E-state index contributed by atoms with van der Waals surface area (Å²) in [5.74, 6) is -0.729. The highest BCUT2D eigenvalue weighted by Gasteiger charge is 2.22. The van der Waals surface area contributed by atoms with Gasteiger partial charge in [-0.1, -0.05) is 11.6 Å². The van der Waals surface area contributed by atoms with Crippen LogP contribution in [0.25, 0.3) is 0 Å². The second kappa shape index (κ2) is 11.8. The molecule has 2 rings (SSSR count). The lowest BCUT2D eigenvalue weighted by Crippen LogP contribution is -2.42. The summed E-state index contributed by atoms with van der Waals surface area (Å²) in [5.41, 5.74) is 1.04. The molecule has 0 atom stereocenters. The summed E-state index contributed by atoms with van der Waals surface area (Å²) in [7, 11) is 3.87. The molecule has 0 fully saturated rings. The molecule has 1 aromatic carbocycles. The quantitative estimate of drug-likeness (QED) is 0.562. The minimum Gasteiger partial charge on any atom is -0.354 e. The van der Waals surface area contributed by atoms with E-state index in [0.717, 1.165) is 6.54 Å². The van der Waals surface area contributed by atoms with Gasteiger partial charge in [0, 0.05) is 35.1 Å². The van der Waals surface area contributed by atoms with Crippen molar-refractivity contribution in [2.75, 3.05) is 39.0 Å². The maximum atomic E-state index is 12.8. The van der Waals surface area contributed by atoms with E-state index in [9.17, 15) is 14.4 Å². The van der Waals surface area contributed by atoms with Gasteiger partial charge in [-0.25, -0.2) is 4.98 Å². The Balaban J connectivity index is 1.91. The second-order valence-corrected chi connectivity index (χ2v) is 8.85. The molecule has 0 radical (unpaired) electrons. The van der Waals surface area contributed by atoms with Crippen LogP contribution in [0.1, 0.15) is 29.9 Å². The first-order chi connectivity index (χ1) is 14.7. The fourth-order valence-electron chi connectivity index (χ4n) is 2.65. The average molecular weight is 466 g/mol. The summed E-state index contributed by atoms with van der Waals surface area (Å²) in [5, 5.41) is 8.20. The smallest absolute Gasteiger partial charge is 0.254 e. The van der Waals surface area contributed by atoms with E-state index in [-0.39, 0.29) is 36.7 Å². The zero-order valence-electron chi connectivity index (χ0n) is 18.1. The summed E-state index contributed by atoms with van der Waals surface area (Å²) < 4.78 is 0. The monoisotopic (exact) mass is 465 g/mol. The minimum atomic E-state index is -0.354. The molecule has 0 aliphatic rings. The zero-order valence-corrected chi connectivity index (χ0v) is 19.7. The number of hydrogen-bond donors (Lipinski definition) is 2. The number of carbonyl (C=O) groups is 3. The van der Waals surface area contributed by atoms with Gasteiger partial charge in [-0.15, -0.1) is 11.3 Å². The number of halogens is 1. The van der Waals surface area contributed by atoms with Crippen molar-refractivity contribution in [2.24, 2.45) is 0 Å². The lowest BCUT2D eigenvalue weighted by molar-refractivity contribution is -0.120. The number of amides is 3. The van der Waals surface area contributed by atoms with Crippen molar-refractivity contribution in [3.05, 3.63) is 45.9 Å². The highest BCUT2D eigenvalue weighted by Crippen LogP contribution is 2.17. The third-order valence-electron chi connectivity index (χ3n) is 4.31. The number of anilines is 1. The molecule has 1 heterocycles. The van der Waals surface area contributed by atoms with Gasteiger partial charge < -0.3 is 20.4 Å². The van der Waals surface area contributed by atoms with E-state index in [1.165, 1.54) is 16.2 Å². The third-order valence-corrected chi connectivity index (χ3v) is 5.37. The molecule has 3 amide bonds. The van der Waals surface area contributed by atoms with Crippen LogP contribution in [0.15, 0.2) is 29.6 Å². The average Bonchev–Trinajstić information content (AvgIpc) is 3.12. The highest BCUT2D eigenvalue weighted by atomic mass is 35.5. The van der Waals surface area contributed by atoms with E-state index in [2.05, 4.69) is 15.6 Å². The summed E-state index contributed by atoms with van der Waals surface area (Å²) in [6, 6.07) is 6.37. The Bertz CT molecular complexity index is 899. The summed E-state index contributed by atoms with van der Waals surface area (Å²) in [4.78, 5) is 45.0. The fourth-order valence-corrected chi connectivity index (χ4v) is 3.50. The Morgan fingerprint density at radius 3 is 2.42 bits per heavy atom. The maximum Gasteiger partial charge on any atom is 0.254 e. The van der Waals surface area contributed by atoms with E-state index < -0.39 is 0 Å². The van der Waals surface area contributed by atoms with Crippen LogP contribution in [0.4, 0.5) is 5.13 Å². The van der Waals surface area contributed by atoms with Gasteiger partial charge in [0.2, 0.25) is 11.8 Å². The van der Waals surface area contributed by atoms with Crippen molar-refractivity contribution in [2.45, 2.75) is 26.3 Å². The molecule has 168 valence electrons. The largest absolute Gasteiger partial charge is 0.354 e. The van der Waals surface area contributed by atoms with Crippen LogP contribution in [0.5, 0.6) is 0 Å². The van der Waals surface area contributed by atoms with Gasteiger partial charge in [-0.2, -0.15) is 0 Å². The first-order valence-corrected chi connectivity index (χ1v) is 11.1. The van der Waals surface area contributed by atoms with E-state index in [4.69, 9.17) is 11.6 Å². The Morgan fingerprint density at radius 2 is 1.81 bits per heavy atom. The van der Waals surface area contributed by atoms with Gasteiger partial charge in [0.15, 0.2) is 5.13 Å². The Labute approximate surface area is 191 Å². The summed E-state index contributed by atoms with van der Waals surface area (Å²) in [6.07, 6.45) is 0.146. The molecule has 1 aromatic heterocycles. The third kappa shape index (κ3) is 8.28. The number of benzene rings is 1. The molecule has 0 saturated heterocycles. The normalized spacial score (nSPS) is 10.9. The molecule has 0 aliphatic heterocycles. The lowest BCUT2D eigenvalue weighted by Gasteiger charge is -2.26. The van der Waals surface area contributed by atoms with Crippen molar-refractivity contribution < 1.29 is 14.4 Å². The molecule has 8 nitrogen and oxygen atoms in total. The van der Waals surface area contributed by atoms with Crippen LogP contribution < -0.4 is 10.6 Å². The molecule has 2 aromatic rings. The van der Waals surface area contributed by atoms with Gasteiger partial charge in [0.05, 0.1) is 12.1 Å². The van der Waals surface area contributed by atoms with Gasteiger partial charge in [-0.3, -0.25) is 14.4 Å². The number of aromatic nitrogens is 1. The Hall–Kier alpha value is -2.49. The van der Waals surface area contributed by atoms with Gasteiger partial charge in [0.25, 0.3) is 5.91 Å². The van der Waals surface area contributed by atoms with Crippen molar-refractivity contribution in [1.29, 1.82) is 0 Å². The van der Waals surface area contributed by atoms with Crippen molar-refractivity contribution in [1.82, 2.24) is 20.1 Å². The zero-order chi connectivity index (χ0) is 23.0. The van der Waals surface area contributed by atoms with E-state index in [0.29, 0.717) is 28.0 Å². The summed E-state index contributed by atoms with van der Waals surface area (Å²) in [6.45, 7) is 4.89. The van der Waals surface area contributed by atoms with Gasteiger partial charge >= 0.3 is 0 Å². The minimum absolute atomic E-state index is 0.112. The maximum absolute atomic E-state index is 12.8. The SMILES string of the molecule is CC(C)N(CC(=O)Nc1nc(CC(=O)NCCN(C)C)cs1)C(=O)c1ccc(Cl)cc1. The second-order valence-electron chi connectivity index (χ2n) is 7.56. The van der Waals surface area contributed by atoms with Crippen molar-refractivity contribution in [3.8, 4) is 0 Å². The standard InChI is InChI=1S/C21H28ClN5O3S/c1-14(2)27(20(30)15-5-7-16(22)8-6-15)12-19(29)25-21-24-17(13-31-21)11-18(28)23-9-10-26(3)4/h5-8,13-14H,9-12H2,1-4H3,(H,23,28)(H,24,25,29). The van der Waals surface area contributed by atoms with E-state index in [1.54, 1.807) is 29.6 Å². The number of rotatable bonds is 10. The summed E-state index contributed by atoms with van der Waals surface area (Å²) >= 11 is 7.12. The molecule has 0 bridgehead atoms. The number of carbonyl (C=O) groups excluding carboxylic acids is 3. The van der Waals surface area contributed by atoms with Crippen LogP contribution in [-0.2, 0) is 16.0 Å². The first-order valence-electron chi connectivity index (χ1n) is 9.88. The molecule has 0 spiro atoms. The van der Waals surface area contributed by atoms with Crippen LogP contribution in [-0.4, -0.2) is 72.3 Å². The van der Waals surface area contributed by atoms with Crippen LogP contribution in [0, 0.1) is 0 Å². The van der Waals surface area contributed by atoms with Crippen LogP contribution in [0.3, 0.4) is 0 Å². The first kappa shape index (κ1) is 24.8. The predicted molar refractivity (Wildman–Crippen MR) is 124 cm³/mol. The molecular weight excluding hydrogens is 438 g/mol. The topological polar surface area (TPSA) is 94.6 Å². The van der Waals surface area contributed by atoms with Gasteiger partial charge in [-0.05, 0) is 52.2 Å². The molecule has 31 heavy (non-hydrogen) atoms. The fraction of sp³-hybridized carbons (Fsp3) is 0.429. The van der Waals surface area contributed by atoms with Crippen molar-refractivity contribution >= 4 is 45.8 Å². The highest BCUT2D eigenvalue weighted by molar-refractivity contribution is 7.13. The molecule has 10 heteroatoms. The Morgan fingerprint density at radius 1 is 1.13 bits per heavy atom. The molecular formula is C21H28ClN5O3S. The van der Waals surface area contributed by atoms with E-state index >= 15 is 0 Å².